The molecule has 3 N–H and O–H groups in total. The largest absolute Gasteiger partial charge is 0.383 e. The summed E-state index contributed by atoms with van der Waals surface area (Å²) in [7, 11) is 0. The number of rotatable bonds is 5. The van der Waals surface area contributed by atoms with Crippen LogP contribution >= 0.6 is 0 Å². The molecule has 156 valence electrons. The molecule has 0 aliphatic heterocycles. The summed E-state index contributed by atoms with van der Waals surface area (Å²) in [4.78, 5) is 21.5. The fraction of sp³-hybridized carbons (Fsp3) is 0.318. The van der Waals surface area contributed by atoms with E-state index in [9.17, 15) is 4.79 Å². The van der Waals surface area contributed by atoms with Crippen LogP contribution in [0.25, 0.3) is 5.65 Å². The molecule has 9 nitrogen and oxygen atoms in total. The number of nitrogens with two attached hydrogens (primary N) is 1. The van der Waals surface area contributed by atoms with Gasteiger partial charge in [-0.05, 0) is 60.4 Å². The minimum Gasteiger partial charge on any atom is -0.383 e. The summed E-state index contributed by atoms with van der Waals surface area (Å²) in [6, 6.07) is 6.04. The van der Waals surface area contributed by atoms with Crippen LogP contribution in [0.2, 0.25) is 0 Å². The van der Waals surface area contributed by atoms with E-state index in [1.165, 1.54) is 18.4 Å². The van der Waals surface area contributed by atoms with Gasteiger partial charge in [-0.2, -0.15) is 0 Å². The number of carbonyl (C=O) groups is 1. The van der Waals surface area contributed by atoms with Crippen LogP contribution in [0.5, 0.6) is 0 Å². The smallest absolute Gasteiger partial charge is 0.273 e. The predicted molar refractivity (Wildman–Crippen MR) is 113 cm³/mol. The van der Waals surface area contributed by atoms with Gasteiger partial charge in [0.1, 0.15) is 11.5 Å². The van der Waals surface area contributed by atoms with Crippen molar-refractivity contribution in [3.05, 3.63) is 71.1 Å². The van der Waals surface area contributed by atoms with Crippen LogP contribution in [0.4, 0.5) is 5.82 Å². The zero-order chi connectivity index (χ0) is 20.9. The van der Waals surface area contributed by atoms with E-state index < -0.39 is 0 Å². The van der Waals surface area contributed by atoms with E-state index in [0.29, 0.717) is 18.3 Å². The van der Waals surface area contributed by atoms with E-state index >= 15 is 0 Å². The molecule has 1 amide bonds. The van der Waals surface area contributed by atoms with Crippen LogP contribution in [-0.4, -0.2) is 35.3 Å². The van der Waals surface area contributed by atoms with Gasteiger partial charge in [-0.25, -0.2) is 14.6 Å². The van der Waals surface area contributed by atoms with Gasteiger partial charge in [-0.15, -0.1) is 5.10 Å². The molecule has 2 aliphatic carbocycles. The van der Waals surface area contributed by atoms with Gasteiger partial charge >= 0.3 is 0 Å². The Labute approximate surface area is 178 Å². The van der Waals surface area contributed by atoms with E-state index in [4.69, 9.17) is 5.73 Å². The fourth-order valence-corrected chi connectivity index (χ4v) is 4.39. The van der Waals surface area contributed by atoms with Gasteiger partial charge in [0.15, 0.2) is 5.69 Å². The number of nitrogens with one attached hydrogen (secondary N) is 1. The molecule has 1 saturated carbocycles. The molecule has 0 saturated heterocycles. The van der Waals surface area contributed by atoms with Gasteiger partial charge in [-0.3, -0.25) is 4.79 Å². The molecule has 9 heteroatoms. The van der Waals surface area contributed by atoms with E-state index in [2.05, 4.69) is 48.3 Å². The van der Waals surface area contributed by atoms with Crippen molar-refractivity contribution in [3.8, 4) is 0 Å². The number of carbonyl (C=O) groups excluding carboxylic acids is 1. The summed E-state index contributed by atoms with van der Waals surface area (Å²) in [5, 5.41) is 11.2. The highest BCUT2D eigenvalue weighted by Crippen LogP contribution is 2.39. The van der Waals surface area contributed by atoms with E-state index in [-0.39, 0.29) is 17.6 Å². The topological polar surface area (TPSA) is 116 Å². The first-order valence-corrected chi connectivity index (χ1v) is 10.6. The highest BCUT2D eigenvalue weighted by molar-refractivity contribution is 5.92. The van der Waals surface area contributed by atoms with Gasteiger partial charge in [0.2, 0.25) is 0 Å². The quantitative estimate of drug-likeness (QED) is 0.517. The second-order valence-corrected chi connectivity index (χ2v) is 8.36. The summed E-state index contributed by atoms with van der Waals surface area (Å²) < 4.78 is 3.70. The normalized spacial score (nSPS) is 17.7. The van der Waals surface area contributed by atoms with Crippen molar-refractivity contribution in [2.24, 2.45) is 0 Å². The first kappa shape index (κ1) is 18.1. The monoisotopic (exact) mass is 414 g/mol. The summed E-state index contributed by atoms with van der Waals surface area (Å²) in [5.74, 6) is 0.992. The number of hydrogen-bond donors (Lipinski definition) is 2. The van der Waals surface area contributed by atoms with Crippen LogP contribution in [0.1, 0.15) is 64.1 Å². The molecule has 4 aromatic heterocycles. The Morgan fingerprint density at radius 1 is 1.16 bits per heavy atom. The average molecular weight is 414 g/mol. The van der Waals surface area contributed by atoms with E-state index in [1.807, 2.05) is 12.3 Å². The van der Waals surface area contributed by atoms with Gasteiger partial charge in [0, 0.05) is 18.6 Å². The third kappa shape index (κ3) is 3.31. The maximum atomic E-state index is 12.7. The van der Waals surface area contributed by atoms with Crippen molar-refractivity contribution in [3.63, 3.8) is 0 Å². The average Bonchev–Trinajstić information content (AvgIpc) is 3.17. The lowest BCUT2D eigenvalue weighted by Crippen LogP contribution is -2.27. The van der Waals surface area contributed by atoms with Crippen molar-refractivity contribution in [2.45, 2.75) is 44.2 Å². The van der Waals surface area contributed by atoms with Crippen molar-refractivity contribution in [1.82, 2.24) is 34.7 Å². The molecule has 2 aliphatic rings. The van der Waals surface area contributed by atoms with Gasteiger partial charge < -0.3 is 15.5 Å². The lowest BCUT2D eigenvalue weighted by atomic mass is 10.1. The highest BCUT2D eigenvalue weighted by atomic mass is 16.2. The molecule has 1 unspecified atom stereocenters. The SMILES string of the molecule is Nc1nccc2c1CCC2NC(=O)c1cn(Cc2cn3cc(C4CC4)ccc3n2)nn1. The number of nitrogens with zero attached hydrogens (tertiary/aromatic N) is 6. The molecule has 4 heterocycles. The molecule has 1 fully saturated rings. The molecule has 0 aromatic carbocycles. The molecule has 6 rings (SSSR count). The molecule has 31 heavy (non-hydrogen) atoms. The van der Waals surface area contributed by atoms with Crippen LogP contribution < -0.4 is 11.1 Å². The summed E-state index contributed by atoms with van der Waals surface area (Å²) >= 11 is 0. The minimum atomic E-state index is -0.247. The Hall–Kier alpha value is -3.75. The Morgan fingerprint density at radius 3 is 2.94 bits per heavy atom. The number of anilines is 1. The summed E-state index contributed by atoms with van der Waals surface area (Å²) in [6.45, 7) is 0.454. The van der Waals surface area contributed by atoms with E-state index in [1.54, 1.807) is 17.1 Å². The Bertz CT molecular complexity index is 1300. The van der Waals surface area contributed by atoms with Crippen molar-refractivity contribution >= 4 is 17.4 Å². The number of hydrogen-bond acceptors (Lipinski definition) is 6. The number of nitrogen functional groups attached to an aromatic ring is 1. The lowest BCUT2D eigenvalue weighted by molar-refractivity contribution is 0.0931. The molecular formula is C22H22N8O. The Balaban J connectivity index is 1.16. The van der Waals surface area contributed by atoms with Crippen LogP contribution in [0.3, 0.4) is 0 Å². The zero-order valence-corrected chi connectivity index (χ0v) is 16.9. The first-order chi connectivity index (χ1) is 15.1. The van der Waals surface area contributed by atoms with Gasteiger partial charge in [0.05, 0.1) is 24.5 Å². The van der Waals surface area contributed by atoms with Crippen molar-refractivity contribution < 1.29 is 4.79 Å². The maximum Gasteiger partial charge on any atom is 0.273 e. The summed E-state index contributed by atoms with van der Waals surface area (Å²) in [6.07, 6.45) is 11.7. The Kier molecular flexibility index (Phi) is 4.02. The number of amides is 1. The standard InChI is InChI=1S/C22H22N8O/c23-21-17-4-5-18(16(17)7-8-24-21)26-22(31)19-12-30(28-27-19)11-15-10-29-9-14(13-1-2-13)3-6-20(29)25-15/h3,6-10,12-13,18H,1-2,4-5,11H2,(H2,23,24)(H,26,31). The Morgan fingerprint density at radius 2 is 2.06 bits per heavy atom. The second-order valence-electron chi connectivity index (χ2n) is 8.36. The molecule has 4 aromatic rings. The third-order valence-corrected chi connectivity index (χ3v) is 6.16. The fourth-order valence-electron chi connectivity index (χ4n) is 4.39. The minimum absolute atomic E-state index is 0.0861. The molecular weight excluding hydrogens is 392 g/mol. The molecule has 1 atom stereocenters. The molecule has 0 radical (unpaired) electrons. The maximum absolute atomic E-state index is 12.7. The van der Waals surface area contributed by atoms with E-state index in [0.717, 1.165) is 35.3 Å². The van der Waals surface area contributed by atoms with Crippen LogP contribution in [0, 0.1) is 0 Å². The number of imidazole rings is 1. The third-order valence-electron chi connectivity index (χ3n) is 6.16. The van der Waals surface area contributed by atoms with Crippen LogP contribution in [-0.2, 0) is 13.0 Å². The predicted octanol–water partition coefficient (Wildman–Crippen LogP) is 2.25. The summed E-state index contributed by atoms with van der Waals surface area (Å²) in [5.41, 5.74) is 11.4. The molecule has 0 spiro atoms. The highest BCUT2D eigenvalue weighted by Gasteiger charge is 2.27. The lowest BCUT2D eigenvalue weighted by Gasteiger charge is -2.13. The number of fused-ring (bicyclic) bond motifs is 2. The van der Waals surface area contributed by atoms with Gasteiger partial charge in [0.25, 0.3) is 5.91 Å². The number of aromatic nitrogens is 6. The van der Waals surface area contributed by atoms with Gasteiger partial charge in [-0.1, -0.05) is 11.3 Å². The zero-order valence-electron chi connectivity index (χ0n) is 16.9. The van der Waals surface area contributed by atoms with Crippen molar-refractivity contribution in [1.29, 1.82) is 0 Å². The van der Waals surface area contributed by atoms with Crippen LogP contribution in [0.15, 0.2) is 43.0 Å². The molecule has 0 bridgehead atoms. The second kappa shape index (κ2) is 6.90. The number of pyridine rings is 2. The first-order valence-electron chi connectivity index (χ1n) is 10.6. The van der Waals surface area contributed by atoms with Crippen molar-refractivity contribution in [2.75, 3.05) is 5.73 Å².